The lowest BCUT2D eigenvalue weighted by Gasteiger charge is -2.02. The minimum absolute atomic E-state index is 0.128. The molecule has 0 aliphatic rings. The second kappa shape index (κ2) is 6.96. The van der Waals surface area contributed by atoms with Crippen molar-refractivity contribution in [3.05, 3.63) is 86.3 Å². The molecular formula is C18H16ClN3O3. The number of carbonyl (C=O) groups is 1. The van der Waals surface area contributed by atoms with Gasteiger partial charge in [-0.25, -0.2) is 10.2 Å². The molecule has 2 aromatic carbocycles. The molecule has 6 nitrogen and oxygen atoms in total. The van der Waals surface area contributed by atoms with Crippen LogP contribution in [0.3, 0.4) is 0 Å². The highest BCUT2D eigenvalue weighted by atomic mass is 35.5. The van der Waals surface area contributed by atoms with Gasteiger partial charge in [-0.1, -0.05) is 23.7 Å². The summed E-state index contributed by atoms with van der Waals surface area (Å²) < 4.78 is 1.48. The number of hydrogen-bond acceptors (Lipinski definition) is 3. The van der Waals surface area contributed by atoms with Crippen molar-refractivity contribution in [1.29, 1.82) is 0 Å². The third kappa shape index (κ3) is 3.50. The number of hydrogen-bond donors (Lipinski definition) is 3. The number of hydroxylamine groups is 1. The van der Waals surface area contributed by atoms with Crippen LogP contribution in [0.5, 0.6) is 0 Å². The van der Waals surface area contributed by atoms with Gasteiger partial charge < -0.3 is 0 Å². The van der Waals surface area contributed by atoms with E-state index in [4.69, 9.17) is 16.8 Å². The molecule has 7 heteroatoms. The molecule has 0 unspecified atom stereocenters. The maximum absolute atomic E-state index is 12.7. The van der Waals surface area contributed by atoms with E-state index >= 15 is 0 Å². The first-order valence-electron chi connectivity index (χ1n) is 7.59. The number of nitrogens with one attached hydrogen (secondary N) is 2. The lowest BCUT2D eigenvalue weighted by Crippen LogP contribution is -2.18. The highest BCUT2D eigenvalue weighted by molar-refractivity contribution is 6.30. The summed E-state index contributed by atoms with van der Waals surface area (Å²) in [6.07, 6.45) is 0.433. The number of benzene rings is 2. The Labute approximate surface area is 148 Å². The monoisotopic (exact) mass is 357 g/mol. The quantitative estimate of drug-likeness (QED) is 0.495. The number of amides is 1. The Morgan fingerprint density at radius 3 is 2.40 bits per heavy atom. The largest absolute Gasteiger partial charge is 0.295 e. The van der Waals surface area contributed by atoms with Crippen LogP contribution in [0.1, 0.15) is 27.2 Å². The van der Waals surface area contributed by atoms with Crippen molar-refractivity contribution < 1.29 is 10.0 Å². The lowest BCUT2D eigenvalue weighted by molar-refractivity contribution is 0.0706. The smallest absolute Gasteiger partial charge is 0.274 e. The van der Waals surface area contributed by atoms with E-state index in [1.807, 2.05) is 6.92 Å². The van der Waals surface area contributed by atoms with Gasteiger partial charge in [0.05, 0.1) is 5.69 Å². The number of carbonyl (C=O) groups excluding carboxylic acids is 1. The minimum Gasteiger partial charge on any atom is -0.295 e. The molecule has 0 radical (unpaired) electrons. The van der Waals surface area contributed by atoms with Gasteiger partial charge in [-0.05, 0) is 48.9 Å². The summed E-state index contributed by atoms with van der Waals surface area (Å²) in [4.78, 5) is 24.0. The second-order valence-electron chi connectivity index (χ2n) is 5.65. The molecule has 0 spiro atoms. The van der Waals surface area contributed by atoms with E-state index in [0.717, 1.165) is 11.3 Å². The van der Waals surface area contributed by atoms with Crippen molar-refractivity contribution in [1.82, 2.24) is 15.3 Å². The summed E-state index contributed by atoms with van der Waals surface area (Å²) in [7, 11) is 0. The predicted molar refractivity (Wildman–Crippen MR) is 94.6 cm³/mol. The summed E-state index contributed by atoms with van der Waals surface area (Å²) in [6, 6.07) is 13.7. The van der Waals surface area contributed by atoms with Gasteiger partial charge in [0.25, 0.3) is 11.5 Å². The molecule has 25 heavy (non-hydrogen) atoms. The molecule has 3 rings (SSSR count). The van der Waals surface area contributed by atoms with E-state index in [1.54, 1.807) is 54.0 Å². The Kier molecular flexibility index (Phi) is 4.74. The van der Waals surface area contributed by atoms with E-state index in [2.05, 4.69) is 5.10 Å². The van der Waals surface area contributed by atoms with E-state index in [1.165, 1.54) is 4.68 Å². The average molecular weight is 358 g/mol. The molecule has 1 aromatic heterocycles. The number of rotatable bonds is 4. The number of nitrogens with zero attached hydrogens (tertiary/aromatic N) is 1. The van der Waals surface area contributed by atoms with E-state index in [0.29, 0.717) is 28.3 Å². The zero-order valence-electron chi connectivity index (χ0n) is 13.4. The standard InChI is InChI=1S/C18H16ClN3O3/c1-11-16(10-12-2-4-13(5-3-12)17(23)21-25)18(24)22(20-11)15-8-6-14(19)7-9-15/h2-9,20,25H,10H2,1H3,(H,21,23). The zero-order chi connectivity index (χ0) is 18.0. The van der Waals surface area contributed by atoms with Crippen molar-refractivity contribution >= 4 is 17.5 Å². The van der Waals surface area contributed by atoms with E-state index in [9.17, 15) is 9.59 Å². The molecule has 1 amide bonds. The summed E-state index contributed by atoms with van der Waals surface area (Å²) in [5.74, 6) is -0.575. The highest BCUT2D eigenvalue weighted by Crippen LogP contribution is 2.15. The van der Waals surface area contributed by atoms with Gasteiger partial charge in [0.2, 0.25) is 0 Å². The van der Waals surface area contributed by atoms with Crippen LogP contribution in [0.2, 0.25) is 5.02 Å². The molecule has 0 saturated heterocycles. The fourth-order valence-corrected chi connectivity index (χ4v) is 2.73. The van der Waals surface area contributed by atoms with Crippen LogP contribution in [0.15, 0.2) is 53.3 Å². The average Bonchev–Trinajstić information content (AvgIpc) is 2.90. The molecule has 0 aliphatic heterocycles. The van der Waals surface area contributed by atoms with Crippen LogP contribution in [0.25, 0.3) is 5.69 Å². The first kappa shape index (κ1) is 17.0. The number of H-pyrrole nitrogens is 1. The third-order valence-electron chi connectivity index (χ3n) is 3.98. The fraction of sp³-hybridized carbons (Fsp3) is 0.111. The first-order chi connectivity index (χ1) is 12.0. The van der Waals surface area contributed by atoms with Gasteiger partial charge >= 0.3 is 0 Å². The lowest BCUT2D eigenvalue weighted by atomic mass is 10.0. The molecular weight excluding hydrogens is 342 g/mol. The molecule has 0 bridgehead atoms. The van der Waals surface area contributed by atoms with Crippen LogP contribution in [0, 0.1) is 6.92 Å². The normalized spacial score (nSPS) is 10.7. The van der Waals surface area contributed by atoms with Crippen LogP contribution in [-0.4, -0.2) is 20.9 Å². The summed E-state index contributed by atoms with van der Waals surface area (Å²) in [6.45, 7) is 1.84. The molecule has 1 heterocycles. The van der Waals surface area contributed by atoms with Crippen molar-refractivity contribution in [3.63, 3.8) is 0 Å². The summed E-state index contributed by atoms with van der Waals surface area (Å²) >= 11 is 5.89. The van der Waals surface area contributed by atoms with Gasteiger partial charge in [-0.15, -0.1) is 0 Å². The van der Waals surface area contributed by atoms with Crippen LogP contribution in [-0.2, 0) is 6.42 Å². The number of aromatic amines is 1. The molecule has 0 saturated carbocycles. The Morgan fingerprint density at radius 2 is 1.80 bits per heavy atom. The zero-order valence-corrected chi connectivity index (χ0v) is 14.2. The molecule has 0 fully saturated rings. The van der Waals surface area contributed by atoms with Crippen molar-refractivity contribution in [2.75, 3.05) is 0 Å². The maximum Gasteiger partial charge on any atom is 0.274 e. The first-order valence-corrected chi connectivity index (χ1v) is 7.97. The Bertz CT molecular complexity index is 957. The molecule has 0 atom stereocenters. The van der Waals surface area contributed by atoms with Gasteiger partial charge in [-0.3, -0.25) is 19.9 Å². The maximum atomic E-state index is 12.7. The molecule has 3 aromatic rings. The van der Waals surface area contributed by atoms with Gasteiger partial charge in [0.1, 0.15) is 0 Å². The van der Waals surface area contributed by atoms with Crippen LogP contribution >= 0.6 is 11.6 Å². The van der Waals surface area contributed by atoms with Gasteiger partial charge in [0.15, 0.2) is 0 Å². The molecule has 3 N–H and O–H groups in total. The van der Waals surface area contributed by atoms with Crippen molar-refractivity contribution in [2.45, 2.75) is 13.3 Å². The minimum atomic E-state index is -0.575. The summed E-state index contributed by atoms with van der Waals surface area (Å²) in [5.41, 5.74) is 4.82. The topological polar surface area (TPSA) is 87.1 Å². The van der Waals surface area contributed by atoms with Crippen LogP contribution in [0.4, 0.5) is 0 Å². The van der Waals surface area contributed by atoms with Crippen molar-refractivity contribution in [2.24, 2.45) is 0 Å². The predicted octanol–water partition coefficient (Wildman–Crippen LogP) is 2.84. The van der Waals surface area contributed by atoms with E-state index < -0.39 is 5.91 Å². The third-order valence-corrected chi connectivity index (χ3v) is 4.23. The Hall–Kier alpha value is -2.83. The number of aromatic nitrogens is 2. The fourth-order valence-electron chi connectivity index (χ4n) is 2.60. The van der Waals surface area contributed by atoms with Gasteiger partial charge in [-0.2, -0.15) is 0 Å². The second-order valence-corrected chi connectivity index (χ2v) is 6.08. The molecule has 0 aliphatic carbocycles. The van der Waals surface area contributed by atoms with Crippen LogP contribution < -0.4 is 11.0 Å². The summed E-state index contributed by atoms with van der Waals surface area (Å²) in [5, 5.41) is 12.3. The highest BCUT2D eigenvalue weighted by Gasteiger charge is 2.13. The Balaban J connectivity index is 1.90. The van der Waals surface area contributed by atoms with E-state index in [-0.39, 0.29) is 5.56 Å². The van der Waals surface area contributed by atoms with Gasteiger partial charge in [0, 0.05) is 28.3 Å². The number of halogens is 1. The Morgan fingerprint density at radius 1 is 1.16 bits per heavy atom. The number of aryl methyl sites for hydroxylation is 1. The van der Waals surface area contributed by atoms with Crippen molar-refractivity contribution in [3.8, 4) is 5.69 Å². The molecule has 128 valence electrons. The SMILES string of the molecule is Cc1[nH]n(-c2ccc(Cl)cc2)c(=O)c1Cc1ccc(C(=O)NO)cc1.